The molecule has 10 aromatic carbocycles. The first-order chi connectivity index (χ1) is 32.6. The van der Waals surface area contributed by atoms with Crippen molar-refractivity contribution >= 4 is 0 Å². The van der Waals surface area contributed by atoms with Gasteiger partial charge in [0.2, 0.25) is 0 Å². The minimum Gasteiger partial charge on any atom is -0.0622 e. The van der Waals surface area contributed by atoms with Crippen molar-refractivity contribution in [2.45, 2.75) is 37.5 Å². The van der Waals surface area contributed by atoms with Crippen LogP contribution >= 0.6 is 0 Å². The predicted molar refractivity (Wildman–Crippen MR) is 276 cm³/mol. The Bertz CT molecular complexity index is 3090. The molecule has 0 nitrogen and oxygen atoms in total. The summed E-state index contributed by atoms with van der Waals surface area (Å²) in [4.78, 5) is 0. The third-order valence-corrected chi connectivity index (χ3v) is 14.7. The zero-order valence-corrected chi connectivity index (χ0v) is 37.4. The highest BCUT2D eigenvalue weighted by atomic mass is 14.4. The van der Waals surface area contributed by atoms with E-state index in [9.17, 15) is 0 Å². The van der Waals surface area contributed by atoms with Crippen LogP contribution in [-0.4, -0.2) is 0 Å². The van der Waals surface area contributed by atoms with Crippen LogP contribution in [-0.2, 0) is 0 Å². The first-order valence-electron chi connectivity index (χ1n) is 23.6. The van der Waals surface area contributed by atoms with E-state index in [-0.39, 0.29) is 11.8 Å². The van der Waals surface area contributed by atoms with Gasteiger partial charge in [0.25, 0.3) is 0 Å². The molecule has 0 fully saturated rings. The first kappa shape index (κ1) is 39.8. The summed E-state index contributed by atoms with van der Waals surface area (Å²) >= 11 is 0. The molecule has 2 aliphatic carbocycles. The van der Waals surface area contributed by atoms with E-state index in [2.05, 4.69) is 257 Å². The second-order valence-electron chi connectivity index (χ2n) is 18.3. The van der Waals surface area contributed by atoms with Gasteiger partial charge in [0.15, 0.2) is 0 Å². The van der Waals surface area contributed by atoms with Crippen LogP contribution in [0.3, 0.4) is 0 Å². The summed E-state index contributed by atoms with van der Waals surface area (Å²) in [6.45, 7) is 4.75. The smallest absolute Gasteiger partial charge is 0.0358 e. The van der Waals surface area contributed by atoms with Crippen LogP contribution < -0.4 is 0 Å². The van der Waals surface area contributed by atoms with E-state index in [1.165, 1.54) is 111 Å². The molecule has 0 radical (unpaired) electrons. The van der Waals surface area contributed by atoms with Gasteiger partial charge in [0.1, 0.15) is 0 Å². The minimum absolute atomic E-state index is 0.0260. The van der Waals surface area contributed by atoms with Gasteiger partial charge in [-0.25, -0.2) is 0 Å². The zero-order valence-electron chi connectivity index (χ0n) is 37.4. The fourth-order valence-corrected chi connectivity index (χ4v) is 11.7. The number of benzene rings is 10. The Morgan fingerprint density at radius 2 is 0.470 bits per heavy atom. The summed E-state index contributed by atoms with van der Waals surface area (Å²) in [5, 5.41) is 0. The van der Waals surface area contributed by atoms with E-state index in [1.54, 1.807) is 0 Å². The van der Waals surface area contributed by atoms with Crippen molar-refractivity contribution in [1.82, 2.24) is 0 Å². The number of hydrogen-bond acceptors (Lipinski definition) is 0. The molecule has 0 N–H and O–H groups in total. The maximum absolute atomic E-state index is 2.50. The van der Waals surface area contributed by atoms with Gasteiger partial charge in [0, 0.05) is 23.7 Å². The topological polar surface area (TPSA) is 0 Å². The van der Waals surface area contributed by atoms with E-state index >= 15 is 0 Å². The molecule has 66 heavy (non-hydrogen) atoms. The van der Waals surface area contributed by atoms with Gasteiger partial charge in [0.05, 0.1) is 0 Å². The second-order valence-corrected chi connectivity index (χ2v) is 18.3. The SMILES string of the molecule is CC1c2ccccc2C(c2c(-c3ccccc3)cccc2-c2cc(-c3ccccc3)cc(-c3cccc(-c4ccccc4)c3C3c4ccccc4C(C)c4ccccc43)c2)c2ccccc21. The number of fused-ring (bicyclic) bond motifs is 4. The van der Waals surface area contributed by atoms with Crippen LogP contribution in [0.25, 0.3) is 55.6 Å². The van der Waals surface area contributed by atoms with Crippen LogP contribution in [0, 0.1) is 0 Å². The lowest BCUT2D eigenvalue weighted by Crippen LogP contribution is -2.19. The lowest BCUT2D eigenvalue weighted by molar-refractivity contribution is 0.796. The van der Waals surface area contributed by atoms with Crippen LogP contribution in [0.4, 0.5) is 0 Å². The summed E-state index contributed by atoms with van der Waals surface area (Å²) in [6, 6.07) is 91.2. The third-order valence-electron chi connectivity index (χ3n) is 14.7. The Hall–Kier alpha value is -7.80. The van der Waals surface area contributed by atoms with Gasteiger partial charge in [-0.2, -0.15) is 0 Å². The Kier molecular flexibility index (Phi) is 10.0. The fraction of sp³-hybridized carbons (Fsp3) is 0.0909. The van der Waals surface area contributed by atoms with Gasteiger partial charge >= 0.3 is 0 Å². The fourth-order valence-electron chi connectivity index (χ4n) is 11.7. The van der Waals surface area contributed by atoms with Gasteiger partial charge in [-0.3, -0.25) is 0 Å². The molecular weight excluding hydrogens is 793 g/mol. The quantitative estimate of drug-likeness (QED) is 0.150. The van der Waals surface area contributed by atoms with Crippen molar-refractivity contribution in [3.63, 3.8) is 0 Å². The highest BCUT2D eigenvalue weighted by Gasteiger charge is 2.36. The summed E-state index contributed by atoms with van der Waals surface area (Å²) in [5.41, 5.74) is 26.1. The van der Waals surface area contributed by atoms with Gasteiger partial charge in [-0.15, -0.1) is 0 Å². The van der Waals surface area contributed by atoms with Gasteiger partial charge in [-0.1, -0.05) is 238 Å². The third kappa shape index (κ3) is 6.67. The van der Waals surface area contributed by atoms with Gasteiger partial charge < -0.3 is 0 Å². The molecule has 0 amide bonds. The molecule has 0 heterocycles. The molecular formula is C66H50. The second kappa shape index (κ2) is 16.6. The van der Waals surface area contributed by atoms with E-state index in [0.717, 1.165) is 0 Å². The molecule has 0 aromatic heterocycles. The monoisotopic (exact) mass is 842 g/mol. The van der Waals surface area contributed by atoms with Crippen LogP contribution in [0.15, 0.2) is 243 Å². The van der Waals surface area contributed by atoms with Crippen LogP contribution in [0.2, 0.25) is 0 Å². The molecule has 0 saturated heterocycles. The maximum atomic E-state index is 2.50. The van der Waals surface area contributed by atoms with Crippen LogP contribution in [0.1, 0.15) is 93.2 Å². The summed E-state index contributed by atoms with van der Waals surface area (Å²) in [6.07, 6.45) is 0. The Morgan fingerprint density at radius 1 is 0.212 bits per heavy atom. The van der Waals surface area contributed by atoms with E-state index in [4.69, 9.17) is 0 Å². The Morgan fingerprint density at radius 3 is 0.803 bits per heavy atom. The first-order valence-corrected chi connectivity index (χ1v) is 23.6. The molecule has 2 aliphatic rings. The lowest BCUT2D eigenvalue weighted by atomic mass is 9.68. The molecule has 0 saturated carbocycles. The molecule has 10 aromatic rings. The van der Waals surface area contributed by atoms with Crippen molar-refractivity contribution in [3.8, 4) is 55.6 Å². The average molecular weight is 843 g/mol. The molecule has 12 rings (SSSR count). The van der Waals surface area contributed by atoms with Crippen molar-refractivity contribution in [2.24, 2.45) is 0 Å². The predicted octanol–water partition coefficient (Wildman–Crippen LogP) is 17.3. The molecule has 314 valence electrons. The minimum atomic E-state index is 0.0260. The molecule has 0 spiro atoms. The highest BCUT2D eigenvalue weighted by Crippen LogP contribution is 2.54. The van der Waals surface area contributed by atoms with Crippen molar-refractivity contribution < 1.29 is 0 Å². The number of rotatable bonds is 7. The maximum Gasteiger partial charge on any atom is 0.0358 e. The summed E-state index contributed by atoms with van der Waals surface area (Å²) in [5.74, 6) is 0.640. The molecule has 0 heteroatoms. The van der Waals surface area contributed by atoms with E-state index in [0.29, 0.717) is 11.8 Å². The number of hydrogen-bond donors (Lipinski definition) is 0. The van der Waals surface area contributed by atoms with Crippen molar-refractivity contribution in [3.05, 3.63) is 298 Å². The standard InChI is InChI=1S/C66H50/c1-43-51-28-12-16-32-59(51)65(60-33-17-13-29-52(43)60)63-55(46-24-8-4-9-25-46)36-20-38-57(63)49-40-48(45-22-6-3-7-23-45)41-50(42-49)58-39-21-37-56(47-26-10-5-11-27-47)64(58)66-61-34-18-14-30-53(61)44(2)54-31-15-19-35-62(54)66/h3-44,65-66H,1-2H3. The Labute approximate surface area is 389 Å². The van der Waals surface area contributed by atoms with Crippen LogP contribution in [0.5, 0.6) is 0 Å². The molecule has 0 bridgehead atoms. The normalized spacial score (nSPS) is 16.9. The van der Waals surface area contributed by atoms with Crippen molar-refractivity contribution in [2.75, 3.05) is 0 Å². The average Bonchev–Trinajstić information content (AvgIpc) is 3.39. The largest absolute Gasteiger partial charge is 0.0622 e. The van der Waals surface area contributed by atoms with Gasteiger partial charge in [-0.05, 0) is 129 Å². The summed E-state index contributed by atoms with van der Waals surface area (Å²) < 4.78 is 0. The van der Waals surface area contributed by atoms with E-state index in [1.807, 2.05) is 0 Å². The zero-order chi connectivity index (χ0) is 44.1. The molecule has 0 aliphatic heterocycles. The van der Waals surface area contributed by atoms with E-state index < -0.39 is 0 Å². The molecule has 0 atom stereocenters. The highest BCUT2D eigenvalue weighted by molar-refractivity contribution is 5.90. The molecule has 0 unspecified atom stereocenters. The lowest BCUT2D eigenvalue weighted by Gasteiger charge is -2.35. The Balaban J connectivity index is 1.17. The summed E-state index contributed by atoms with van der Waals surface area (Å²) in [7, 11) is 0. The van der Waals surface area contributed by atoms with Crippen molar-refractivity contribution in [1.29, 1.82) is 0 Å².